The summed E-state index contributed by atoms with van der Waals surface area (Å²) in [6.07, 6.45) is 0.394. The van der Waals surface area contributed by atoms with Crippen LogP contribution in [0.15, 0.2) is 24.3 Å². The van der Waals surface area contributed by atoms with Gasteiger partial charge in [0.15, 0.2) is 0 Å². The maximum Gasteiger partial charge on any atom is 0.228 e. The minimum absolute atomic E-state index is 0.00369. The average Bonchev–Trinajstić information content (AvgIpc) is 2.38. The Morgan fingerprint density at radius 3 is 2.61 bits per heavy atom. The van der Waals surface area contributed by atoms with Gasteiger partial charge in [-0.05, 0) is 24.2 Å². The molecule has 18 heavy (non-hydrogen) atoms. The molecule has 4 heteroatoms. The number of nitriles is 1. The number of benzene rings is 1. The highest BCUT2D eigenvalue weighted by molar-refractivity contribution is 5.92. The van der Waals surface area contributed by atoms with Gasteiger partial charge in [0, 0.05) is 18.2 Å². The molecular formula is C14H19N3O. The molecule has 1 rings (SSSR count). The zero-order valence-corrected chi connectivity index (χ0v) is 10.9. The molecule has 0 aliphatic carbocycles. The minimum atomic E-state index is -0.0660. The summed E-state index contributed by atoms with van der Waals surface area (Å²) in [7, 11) is 0. The number of nitrogens with zero attached hydrogens (tertiary/aromatic N) is 1. The molecule has 1 unspecified atom stereocenters. The van der Waals surface area contributed by atoms with E-state index in [0.29, 0.717) is 13.0 Å². The van der Waals surface area contributed by atoms with Crippen LogP contribution in [0.3, 0.4) is 0 Å². The topological polar surface area (TPSA) is 64.9 Å². The highest BCUT2D eigenvalue weighted by Gasteiger charge is 2.11. The van der Waals surface area contributed by atoms with Crippen LogP contribution in [-0.2, 0) is 11.2 Å². The van der Waals surface area contributed by atoms with Gasteiger partial charge in [0.25, 0.3) is 0 Å². The Morgan fingerprint density at radius 1 is 1.39 bits per heavy atom. The molecule has 96 valence electrons. The summed E-state index contributed by atoms with van der Waals surface area (Å²) >= 11 is 0. The van der Waals surface area contributed by atoms with Gasteiger partial charge in [-0.2, -0.15) is 5.26 Å². The second kappa shape index (κ2) is 7.46. The number of hydrogen-bond acceptors (Lipinski definition) is 3. The second-order valence-corrected chi connectivity index (χ2v) is 4.23. The second-order valence-electron chi connectivity index (χ2n) is 4.23. The normalized spacial score (nSPS) is 11.6. The first-order chi connectivity index (χ1) is 8.67. The number of hydrogen-bond donors (Lipinski definition) is 2. The average molecular weight is 245 g/mol. The molecule has 0 aliphatic rings. The lowest BCUT2D eigenvalue weighted by molar-refractivity contribution is -0.119. The summed E-state index contributed by atoms with van der Waals surface area (Å²) in [5.74, 6) is -0.0623. The quantitative estimate of drug-likeness (QED) is 0.805. The Morgan fingerprint density at radius 2 is 2.06 bits per heavy atom. The maximum atomic E-state index is 11.8. The van der Waals surface area contributed by atoms with E-state index in [-0.39, 0.29) is 11.8 Å². The Balaban J connectivity index is 2.51. The van der Waals surface area contributed by atoms with Gasteiger partial charge in [0.05, 0.1) is 12.5 Å². The van der Waals surface area contributed by atoms with Crippen LogP contribution in [-0.4, -0.2) is 19.0 Å². The van der Waals surface area contributed by atoms with E-state index in [1.54, 1.807) is 0 Å². The van der Waals surface area contributed by atoms with Gasteiger partial charge in [-0.15, -0.1) is 0 Å². The van der Waals surface area contributed by atoms with Crippen molar-refractivity contribution in [2.24, 2.45) is 5.92 Å². The number of anilines is 1. The smallest absolute Gasteiger partial charge is 0.228 e. The van der Waals surface area contributed by atoms with Crippen molar-refractivity contribution in [1.29, 1.82) is 5.26 Å². The van der Waals surface area contributed by atoms with E-state index in [1.807, 2.05) is 38.1 Å². The van der Waals surface area contributed by atoms with E-state index in [2.05, 4.69) is 16.7 Å². The molecule has 1 atom stereocenters. The van der Waals surface area contributed by atoms with Gasteiger partial charge >= 0.3 is 0 Å². The molecule has 0 bridgehead atoms. The first kappa shape index (κ1) is 14.2. The molecular weight excluding hydrogens is 226 g/mol. The van der Waals surface area contributed by atoms with Crippen molar-refractivity contribution in [3.05, 3.63) is 29.8 Å². The van der Waals surface area contributed by atoms with Crippen LogP contribution < -0.4 is 10.6 Å². The van der Waals surface area contributed by atoms with Gasteiger partial charge < -0.3 is 10.6 Å². The van der Waals surface area contributed by atoms with E-state index in [9.17, 15) is 4.79 Å². The van der Waals surface area contributed by atoms with Crippen LogP contribution in [0.2, 0.25) is 0 Å². The lowest BCUT2D eigenvalue weighted by Crippen LogP contribution is -2.30. The van der Waals surface area contributed by atoms with Crippen molar-refractivity contribution in [1.82, 2.24) is 5.32 Å². The van der Waals surface area contributed by atoms with Crippen molar-refractivity contribution >= 4 is 11.6 Å². The van der Waals surface area contributed by atoms with E-state index in [1.165, 1.54) is 0 Å². The Bertz CT molecular complexity index is 420. The zero-order chi connectivity index (χ0) is 13.4. The van der Waals surface area contributed by atoms with Crippen LogP contribution in [0.4, 0.5) is 5.69 Å². The molecule has 0 saturated carbocycles. The predicted octanol–water partition coefficient (Wildman–Crippen LogP) is 1.94. The number of carbonyl (C=O) groups excluding carboxylic acids is 1. The molecule has 0 aromatic heterocycles. The Hall–Kier alpha value is -1.86. The number of amides is 1. The lowest BCUT2D eigenvalue weighted by atomic mass is 10.1. The summed E-state index contributed by atoms with van der Waals surface area (Å²) in [4.78, 5) is 11.8. The monoisotopic (exact) mass is 245 g/mol. The Kier molecular flexibility index (Phi) is 5.89. The summed E-state index contributed by atoms with van der Waals surface area (Å²) < 4.78 is 0. The molecule has 0 saturated heterocycles. The molecule has 1 aromatic rings. The molecule has 1 amide bonds. The SMILES string of the molecule is CCNCC(C)C(=O)Nc1ccc(CC#N)cc1. The van der Waals surface area contributed by atoms with E-state index in [4.69, 9.17) is 5.26 Å². The van der Waals surface area contributed by atoms with Crippen LogP contribution in [0.25, 0.3) is 0 Å². The van der Waals surface area contributed by atoms with Crippen molar-refractivity contribution in [2.45, 2.75) is 20.3 Å². The largest absolute Gasteiger partial charge is 0.326 e. The van der Waals surface area contributed by atoms with E-state index >= 15 is 0 Å². The van der Waals surface area contributed by atoms with Gasteiger partial charge in [0.2, 0.25) is 5.91 Å². The lowest BCUT2D eigenvalue weighted by Gasteiger charge is -2.12. The van der Waals surface area contributed by atoms with E-state index in [0.717, 1.165) is 17.8 Å². The highest BCUT2D eigenvalue weighted by atomic mass is 16.1. The summed E-state index contributed by atoms with van der Waals surface area (Å²) in [5.41, 5.74) is 1.72. The fraction of sp³-hybridized carbons (Fsp3) is 0.429. The number of nitrogens with one attached hydrogen (secondary N) is 2. The van der Waals surface area contributed by atoms with Crippen molar-refractivity contribution < 1.29 is 4.79 Å². The van der Waals surface area contributed by atoms with Gasteiger partial charge in [0.1, 0.15) is 0 Å². The molecule has 0 heterocycles. The third-order valence-corrected chi connectivity index (χ3v) is 2.65. The standard InChI is InChI=1S/C14H19N3O/c1-3-16-10-11(2)14(18)17-13-6-4-12(5-7-13)8-9-15/h4-7,11,16H,3,8,10H2,1-2H3,(H,17,18). The predicted molar refractivity (Wildman–Crippen MR) is 72.1 cm³/mol. The third-order valence-electron chi connectivity index (χ3n) is 2.65. The van der Waals surface area contributed by atoms with Crippen molar-refractivity contribution in [3.63, 3.8) is 0 Å². The summed E-state index contributed by atoms with van der Waals surface area (Å²) in [5, 5.41) is 14.6. The van der Waals surface area contributed by atoms with Crippen LogP contribution >= 0.6 is 0 Å². The van der Waals surface area contributed by atoms with Crippen LogP contribution in [0, 0.1) is 17.2 Å². The van der Waals surface area contributed by atoms with E-state index < -0.39 is 0 Å². The molecule has 0 aliphatic heterocycles. The minimum Gasteiger partial charge on any atom is -0.326 e. The fourth-order valence-electron chi connectivity index (χ4n) is 1.52. The fourth-order valence-corrected chi connectivity index (χ4v) is 1.52. The third kappa shape index (κ3) is 4.56. The van der Waals surface area contributed by atoms with Crippen molar-refractivity contribution in [3.8, 4) is 6.07 Å². The maximum absolute atomic E-state index is 11.8. The highest BCUT2D eigenvalue weighted by Crippen LogP contribution is 2.11. The summed E-state index contributed by atoms with van der Waals surface area (Å²) in [6, 6.07) is 9.45. The Labute approximate surface area is 108 Å². The van der Waals surface area contributed by atoms with Gasteiger partial charge in [-0.3, -0.25) is 4.79 Å². The number of rotatable bonds is 6. The molecule has 0 radical (unpaired) electrons. The molecule has 0 fully saturated rings. The first-order valence-corrected chi connectivity index (χ1v) is 6.14. The number of carbonyl (C=O) groups is 1. The van der Waals surface area contributed by atoms with Gasteiger partial charge in [-0.25, -0.2) is 0 Å². The van der Waals surface area contributed by atoms with Crippen molar-refractivity contribution in [2.75, 3.05) is 18.4 Å². The first-order valence-electron chi connectivity index (χ1n) is 6.14. The van der Waals surface area contributed by atoms with Gasteiger partial charge in [-0.1, -0.05) is 26.0 Å². The zero-order valence-electron chi connectivity index (χ0n) is 10.9. The van der Waals surface area contributed by atoms with Crippen LogP contribution in [0.1, 0.15) is 19.4 Å². The molecule has 1 aromatic carbocycles. The molecule has 0 spiro atoms. The molecule has 4 nitrogen and oxygen atoms in total. The summed E-state index contributed by atoms with van der Waals surface area (Å²) in [6.45, 7) is 5.44. The van der Waals surface area contributed by atoms with Crippen LogP contribution in [0.5, 0.6) is 0 Å². The molecule has 2 N–H and O–H groups in total.